The van der Waals surface area contributed by atoms with Crippen LogP contribution in [0, 0.1) is 5.82 Å². The molecule has 1 atom stereocenters. The van der Waals surface area contributed by atoms with Gasteiger partial charge in [-0.1, -0.05) is 0 Å². The lowest BCUT2D eigenvalue weighted by Crippen LogP contribution is -2.49. The molecule has 172 valence electrons. The van der Waals surface area contributed by atoms with Crippen LogP contribution < -0.4 is 9.46 Å². The number of alkyl halides is 6. The molecule has 15 heteroatoms. The van der Waals surface area contributed by atoms with Crippen molar-refractivity contribution in [1.29, 1.82) is 0 Å². The van der Waals surface area contributed by atoms with Gasteiger partial charge < -0.3 is 14.8 Å². The van der Waals surface area contributed by atoms with Gasteiger partial charge in [-0.3, -0.25) is 4.72 Å². The van der Waals surface area contributed by atoms with Gasteiger partial charge in [0.15, 0.2) is 17.1 Å². The Balaban J connectivity index is 2.02. The molecule has 0 saturated heterocycles. The number of nitrogens with one attached hydrogen (secondary N) is 2. The molecule has 3 N–H and O–H groups in total. The van der Waals surface area contributed by atoms with Gasteiger partial charge in [0.25, 0.3) is 10.0 Å². The molecular formula is C16H14F7N3O4S. The minimum atomic E-state index is -5.37. The summed E-state index contributed by atoms with van der Waals surface area (Å²) in [4.78, 5) is 4.41. The summed E-state index contributed by atoms with van der Waals surface area (Å²) in [5.41, 5.74) is -6.79. The molecule has 0 aromatic carbocycles. The molecule has 31 heavy (non-hydrogen) atoms. The quantitative estimate of drug-likeness (QED) is 0.584. The number of aromatic amines is 1. The number of anilines is 1. The van der Waals surface area contributed by atoms with Crippen LogP contribution in [0.2, 0.25) is 0 Å². The fraction of sp³-hybridized carbons (Fsp3) is 0.438. The molecule has 0 saturated carbocycles. The number of H-pyrrole nitrogens is 1. The topological polar surface area (TPSA) is 104 Å². The second kappa shape index (κ2) is 7.25. The van der Waals surface area contributed by atoms with Gasteiger partial charge in [0.1, 0.15) is 10.6 Å². The lowest BCUT2D eigenvalue weighted by atomic mass is 9.83. The summed E-state index contributed by atoms with van der Waals surface area (Å²) in [6.45, 7) is 0. The van der Waals surface area contributed by atoms with Crippen molar-refractivity contribution < 1.29 is 53.1 Å². The molecule has 0 aliphatic heterocycles. The summed E-state index contributed by atoms with van der Waals surface area (Å²) in [5, 5.41) is 9.85. The molecule has 2 aromatic rings. The average molecular weight is 480 g/mol. The Kier molecular flexibility index (Phi) is 4.48. The molecule has 0 fully saturated rings. The van der Waals surface area contributed by atoms with E-state index in [1.807, 2.05) is 0 Å². The second-order valence-corrected chi connectivity index (χ2v) is 8.34. The molecule has 3 rings (SSSR count). The lowest BCUT2D eigenvalue weighted by molar-refractivity contribution is -0.263. The van der Waals surface area contributed by atoms with Gasteiger partial charge in [-0.15, -0.1) is 0 Å². The fourth-order valence-corrected chi connectivity index (χ4v) is 4.43. The molecule has 2 aromatic heterocycles. The van der Waals surface area contributed by atoms with Crippen LogP contribution >= 0.6 is 0 Å². The van der Waals surface area contributed by atoms with E-state index in [1.54, 1.807) is 4.72 Å². The van der Waals surface area contributed by atoms with Gasteiger partial charge >= 0.3 is 12.4 Å². The number of halogens is 7. The third-order valence-electron chi connectivity index (χ3n) is 4.66. The van der Waals surface area contributed by atoms with Crippen LogP contribution in [0.5, 0.6) is 5.88 Å². The predicted octanol–water partition coefficient (Wildman–Crippen LogP) is 3.16. The van der Waals surface area contributed by atoms with E-state index in [9.17, 15) is 44.3 Å². The number of sulfonamides is 1. The SMILES string of the molecule is [2H]C([2H])([2H])Oc1nc(C(F)(F)F)c(F)cc1NS(=O)(=O)c1c[nH]c2c1CC[C@@](O)(C(F)(F)F)C2. The molecule has 7 nitrogen and oxygen atoms in total. The van der Waals surface area contributed by atoms with Crippen molar-refractivity contribution in [2.24, 2.45) is 0 Å². The van der Waals surface area contributed by atoms with Crippen molar-refractivity contribution in [3.63, 3.8) is 0 Å². The number of hydrogen-bond acceptors (Lipinski definition) is 5. The van der Waals surface area contributed by atoms with E-state index in [4.69, 9.17) is 4.11 Å². The van der Waals surface area contributed by atoms with Crippen LogP contribution in [0.4, 0.5) is 36.4 Å². The largest absolute Gasteiger partial charge is 0.479 e. The number of methoxy groups -OCH3 is 1. The van der Waals surface area contributed by atoms with Gasteiger partial charge in [-0.25, -0.2) is 17.8 Å². The van der Waals surface area contributed by atoms with Crippen molar-refractivity contribution in [1.82, 2.24) is 9.97 Å². The van der Waals surface area contributed by atoms with E-state index in [-0.39, 0.29) is 17.3 Å². The predicted molar refractivity (Wildman–Crippen MR) is 90.4 cm³/mol. The number of aliphatic hydroxyl groups is 1. The van der Waals surface area contributed by atoms with E-state index < -0.39 is 82.3 Å². The molecule has 0 radical (unpaired) electrons. The Morgan fingerprint density at radius 2 is 2.00 bits per heavy atom. The maximum Gasteiger partial charge on any atom is 0.436 e. The van der Waals surface area contributed by atoms with E-state index >= 15 is 0 Å². The zero-order valence-electron chi connectivity index (χ0n) is 17.9. The highest BCUT2D eigenvalue weighted by Crippen LogP contribution is 2.42. The van der Waals surface area contributed by atoms with E-state index in [0.29, 0.717) is 0 Å². The standard InChI is InChI=1S/C16H14F7N3O4S/c1-30-13-9(4-8(17)12(25-13)15(18,19)20)26-31(28,29)11-6-24-10-5-14(27,16(21,22)23)3-2-7(10)11/h4,6,24,26-27H,2-3,5H2,1H3/t14-/m0/s1/i1D3. The summed E-state index contributed by atoms with van der Waals surface area (Å²) in [6.07, 6.45) is -12.0. The molecule has 2 heterocycles. The Bertz CT molecular complexity index is 1210. The summed E-state index contributed by atoms with van der Waals surface area (Å²) < 4.78 is 145. The highest BCUT2D eigenvalue weighted by molar-refractivity contribution is 7.92. The van der Waals surface area contributed by atoms with Crippen LogP contribution in [0.3, 0.4) is 0 Å². The first-order valence-electron chi connectivity index (χ1n) is 9.71. The third-order valence-corrected chi connectivity index (χ3v) is 6.10. The summed E-state index contributed by atoms with van der Waals surface area (Å²) in [6, 6.07) is 0.00987. The number of pyridine rings is 1. The Morgan fingerprint density at radius 1 is 1.32 bits per heavy atom. The van der Waals surface area contributed by atoms with Crippen molar-refractivity contribution >= 4 is 15.7 Å². The fourth-order valence-electron chi connectivity index (χ4n) is 3.12. The monoisotopic (exact) mass is 480 g/mol. The van der Waals surface area contributed by atoms with Gasteiger partial charge in [0.2, 0.25) is 5.88 Å². The van der Waals surface area contributed by atoms with Crippen LogP contribution in [0.25, 0.3) is 0 Å². The first-order valence-corrected chi connectivity index (χ1v) is 9.70. The Labute approximate surface area is 174 Å². The van der Waals surface area contributed by atoms with Crippen LogP contribution in [-0.2, 0) is 29.0 Å². The highest BCUT2D eigenvalue weighted by atomic mass is 32.2. The lowest BCUT2D eigenvalue weighted by Gasteiger charge is -2.33. The number of hydrogen-bond donors (Lipinski definition) is 3. The minimum absolute atomic E-state index is 0.00987. The number of ether oxygens (including phenoxy) is 1. The Morgan fingerprint density at radius 3 is 2.58 bits per heavy atom. The van der Waals surface area contributed by atoms with Crippen LogP contribution in [0.15, 0.2) is 17.2 Å². The number of aromatic nitrogens is 2. The summed E-state index contributed by atoms with van der Waals surface area (Å²) in [5.74, 6) is -3.46. The second-order valence-electron chi connectivity index (χ2n) is 6.69. The molecule has 0 spiro atoms. The van der Waals surface area contributed by atoms with Crippen molar-refractivity contribution in [3.05, 3.63) is 35.0 Å². The normalized spacial score (nSPS) is 21.6. The first-order chi connectivity index (χ1) is 15.2. The molecule has 1 aliphatic carbocycles. The molecular weight excluding hydrogens is 463 g/mol. The van der Waals surface area contributed by atoms with Gasteiger partial charge in [0.05, 0.1) is 11.2 Å². The van der Waals surface area contributed by atoms with Crippen LogP contribution in [0.1, 0.15) is 27.5 Å². The van der Waals surface area contributed by atoms with E-state index in [2.05, 4.69) is 14.7 Å². The average Bonchev–Trinajstić information content (AvgIpc) is 3.04. The maximum absolute atomic E-state index is 14.0. The zero-order valence-corrected chi connectivity index (χ0v) is 15.8. The molecule has 0 amide bonds. The van der Waals surface area contributed by atoms with E-state index in [1.165, 1.54) is 0 Å². The number of fused-ring (bicyclic) bond motifs is 1. The molecule has 0 bridgehead atoms. The van der Waals surface area contributed by atoms with Gasteiger partial charge in [0, 0.05) is 24.4 Å². The smallest absolute Gasteiger partial charge is 0.436 e. The third kappa shape index (κ3) is 4.15. The zero-order chi connectivity index (χ0) is 25.9. The van der Waals surface area contributed by atoms with Crippen molar-refractivity contribution in [2.75, 3.05) is 11.8 Å². The van der Waals surface area contributed by atoms with Crippen LogP contribution in [-0.4, -0.2) is 42.3 Å². The highest BCUT2D eigenvalue weighted by Gasteiger charge is 2.55. The molecule has 0 unspecified atom stereocenters. The summed E-state index contributed by atoms with van der Waals surface area (Å²) >= 11 is 0. The maximum atomic E-state index is 14.0. The van der Waals surface area contributed by atoms with Crippen molar-refractivity contribution in [3.8, 4) is 5.88 Å². The number of nitrogens with zero attached hydrogens (tertiary/aromatic N) is 1. The minimum Gasteiger partial charge on any atom is -0.479 e. The van der Waals surface area contributed by atoms with E-state index in [0.717, 1.165) is 6.20 Å². The number of rotatable bonds is 4. The van der Waals surface area contributed by atoms with Gasteiger partial charge in [-0.2, -0.15) is 26.3 Å². The van der Waals surface area contributed by atoms with Gasteiger partial charge in [-0.05, 0) is 18.4 Å². The molecule has 1 aliphatic rings. The van der Waals surface area contributed by atoms with Crippen molar-refractivity contribution in [2.45, 2.75) is 42.1 Å². The Hall–Kier alpha value is -2.55. The summed E-state index contributed by atoms with van der Waals surface area (Å²) in [7, 11) is -8.22. The first kappa shape index (κ1) is 19.2.